The first-order valence-corrected chi connectivity index (χ1v) is 6.70. The zero-order chi connectivity index (χ0) is 13.8. The van der Waals surface area contributed by atoms with Gasteiger partial charge in [-0.05, 0) is 46.6 Å². The molecule has 0 aliphatic heterocycles. The molecule has 2 aromatic rings. The van der Waals surface area contributed by atoms with E-state index < -0.39 is 0 Å². The van der Waals surface area contributed by atoms with E-state index in [-0.39, 0.29) is 5.91 Å². The minimum Gasteiger partial charge on any atom is -0.466 e. The Morgan fingerprint density at radius 2 is 2.16 bits per heavy atom. The molecule has 1 aromatic carbocycles. The fraction of sp³-hybridized carbons (Fsp3) is 0.214. The summed E-state index contributed by atoms with van der Waals surface area (Å²) in [4.78, 5) is 11.7. The molecule has 0 radical (unpaired) electrons. The van der Waals surface area contributed by atoms with Crippen molar-refractivity contribution in [3.63, 3.8) is 0 Å². The largest absolute Gasteiger partial charge is 0.466 e. The summed E-state index contributed by atoms with van der Waals surface area (Å²) in [5, 5.41) is 5.91. The van der Waals surface area contributed by atoms with Crippen molar-refractivity contribution < 1.29 is 9.21 Å². The molecule has 0 fully saturated rings. The maximum atomic E-state index is 11.7. The van der Waals surface area contributed by atoms with Crippen LogP contribution in [0.4, 0.5) is 5.69 Å². The van der Waals surface area contributed by atoms with Crippen LogP contribution in [0.5, 0.6) is 0 Å². The second-order valence-corrected chi connectivity index (χ2v) is 4.96. The Hall–Kier alpha value is -1.75. The van der Waals surface area contributed by atoms with Crippen LogP contribution in [0.3, 0.4) is 0 Å². The van der Waals surface area contributed by atoms with Gasteiger partial charge in [-0.1, -0.05) is 6.07 Å². The highest BCUT2D eigenvalue weighted by atomic mass is 79.9. The van der Waals surface area contributed by atoms with Gasteiger partial charge in [0.15, 0.2) is 0 Å². The summed E-state index contributed by atoms with van der Waals surface area (Å²) >= 11 is 3.41. The molecule has 0 saturated heterocycles. The SMILES string of the molecule is CNC(=O)c1cccc(NCc2occc2Br)c1C. The summed E-state index contributed by atoms with van der Waals surface area (Å²) < 4.78 is 6.27. The van der Waals surface area contributed by atoms with Gasteiger partial charge >= 0.3 is 0 Å². The van der Waals surface area contributed by atoms with Gasteiger partial charge in [0.2, 0.25) is 0 Å². The third kappa shape index (κ3) is 2.98. The van der Waals surface area contributed by atoms with Crippen LogP contribution >= 0.6 is 15.9 Å². The van der Waals surface area contributed by atoms with Crippen molar-refractivity contribution in [2.75, 3.05) is 12.4 Å². The summed E-state index contributed by atoms with van der Waals surface area (Å²) in [5.41, 5.74) is 2.51. The highest BCUT2D eigenvalue weighted by molar-refractivity contribution is 9.10. The Bertz CT molecular complexity index is 593. The van der Waals surface area contributed by atoms with Gasteiger partial charge in [-0.25, -0.2) is 0 Å². The van der Waals surface area contributed by atoms with E-state index >= 15 is 0 Å². The molecule has 19 heavy (non-hydrogen) atoms. The summed E-state index contributed by atoms with van der Waals surface area (Å²) in [6.45, 7) is 2.48. The number of carbonyl (C=O) groups excluding carboxylic acids is 1. The lowest BCUT2D eigenvalue weighted by Crippen LogP contribution is -2.19. The van der Waals surface area contributed by atoms with Crippen LogP contribution in [0.1, 0.15) is 21.7 Å². The topological polar surface area (TPSA) is 54.3 Å². The number of halogens is 1. The summed E-state index contributed by atoms with van der Waals surface area (Å²) in [7, 11) is 1.63. The minimum atomic E-state index is -0.0830. The first-order chi connectivity index (χ1) is 9.13. The average molecular weight is 323 g/mol. The van der Waals surface area contributed by atoms with Gasteiger partial charge < -0.3 is 15.1 Å². The number of carbonyl (C=O) groups is 1. The van der Waals surface area contributed by atoms with Gasteiger partial charge in [0.25, 0.3) is 5.91 Å². The van der Waals surface area contributed by atoms with Gasteiger partial charge in [-0.3, -0.25) is 4.79 Å². The molecule has 0 atom stereocenters. The van der Waals surface area contributed by atoms with Crippen molar-refractivity contribution in [3.8, 4) is 0 Å². The summed E-state index contributed by atoms with van der Waals surface area (Å²) in [6, 6.07) is 7.46. The Morgan fingerprint density at radius 3 is 2.79 bits per heavy atom. The van der Waals surface area contributed by atoms with Gasteiger partial charge in [0.1, 0.15) is 5.76 Å². The smallest absolute Gasteiger partial charge is 0.251 e. The van der Waals surface area contributed by atoms with E-state index in [1.54, 1.807) is 13.3 Å². The van der Waals surface area contributed by atoms with Gasteiger partial charge in [-0.15, -0.1) is 0 Å². The standard InChI is InChI=1S/C14H15BrN2O2/c1-9-10(14(18)16-2)4-3-5-12(9)17-8-13-11(15)6-7-19-13/h3-7,17H,8H2,1-2H3,(H,16,18). The fourth-order valence-corrected chi connectivity index (χ4v) is 2.18. The van der Waals surface area contributed by atoms with E-state index in [0.29, 0.717) is 12.1 Å². The molecular weight excluding hydrogens is 308 g/mol. The monoisotopic (exact) mass is 322 g/mol. The molecule has 0 aliphatic carbocycles. The first kappa shape index (κ1) is 13.7. The lowest BCUT2D eigenvalue weighted by molar-refractivity contribution is 0.0962. The Morgan fingerprint density at radius 1 is 1.37 bits per heavy atom. The zero-order valence-electron chi connectivity index (χ0n) is 10.8. The van der Waals surface area contributed by atoms with Gasteiger partial charge in [0, 0.05) is 18.3 Å². The third-order valence-electron chi connectivity index (χ3n) is 2.94. The molecule has 1 amide bonds. The number of hydrogen-bond donors (Lipinski definition) is 2. The number of rotatable bonds is 4. The Labute approximate surface area is 120 Å². The molecule has 100 valence electrons. The third-order valence-corrected chi connectivity index (χ3v) is 3.64. The summed E-state index contributed by atoms with van der Waals surface area (Å²) in [6.07, 6.45) is 1.63. The normalized spacial score (nSPS) is 10.3. The van der Waals surface area contributed by atoms with Crippen molar-refractivity contribution in [2.24, 2.45) is 0 Å². The van der Waals surface area contributed by atoms with Gasteiger partial charge in [0.05, 0.1) is 17.3 Å². The highest BCUT2D eigenvalue weighted by Crippen LogP contribution is 2.22. The molecule has 0 unspecified atom stereocenters. The molecule has 1 heterocycles. The molecule has 0 aliphatic rings. The molecule has 0 bridgehead atoms. The molecule has 2 rings (SSSR count). The van der Waals surface area contributed by atoms with E-state index in [9.17, 15) is 4.79 Å². The second-order valence-electron chi connectivity index (χ2n) is 4.10. The van der Waals surface area contributed by atoms with Crippen molar-refractivity contribution in [2.45, 2.75) is 13.5 Å². The second kappa shape index (κ2) is 5.93. The van der Waals surface area contributed by atoms with Crippen LogP contribution in [0.25, 0.3) is 0 Å². The zero-order valence-corrected chi connectivity index (χ0v) is 12.4. The molecule has 5 heteroatoms. The molecule has 1 aromatic heterocycles. The number of anilines is 1. The quantitative estimate of drug-likeness (QED) is 0.907. The van der Waals surface area contributed by atoms with Gasteiger partial charge in [-0.2, -0.15) is 0 Å². The minimum absolute atomic E-state index is 0.0830. The van der Waals surface area contributed by atoms with Crippen LogP contribution in [0, 0.1) is 6.92 Å². The number of benzene rings is 1. The maximum Gasteiger partial charge on any atom is 0.251 e. The average Bonchev–Trinajstić information content (AvgIpc) is 2.82. The summed E-state index contributed by atoms with van der Waals surface area (Å²) in [5.74, 6) is 0.741. The number of amides is 1. The van der Waals surface area contributed by atoms with E-state index in [1.807, 2.05) is 31.2 Å². The fourth-order valence-electron chi connectivity index (χ4n) is 1.83. The lowest BCUT2D eigenvalue weighted by Gasteiger charge is -2.12. The van der Waals surface area contributed by atoms with E-state index in [4.69, 9.17) is 4.42 Å². The highest BCUT2D eigenvalue weighted by Gasteiger charge is 2.10. The molecule has 0 spiro atoms. The predicted octanol–water partition coefficient (Wildman–Crippen LogP) is 3.32. The van der Waals surface area contributed by atoms with Crippen LogP contribution in [-0.2, 0) is 6.54 Å². The maximum absolute atomic E-state index is 11.7. The number of nitrogens with one attached hydrogen (secondary N) is 2. The van der Waals surface area contributed by atoms with Crippen LogP contribution < -0.4 is 10.6 Å². The number of hydrogen-bond acceptors (Lipinski definition) is 3. The Kier molecular flexibility index (Phi) is 4.27. The Balaban J connectivity index is 2.17. The molecule has 4 nitrogen and oxygen atoms in total. The number of furan rings is 1. The van der Waals surface area contributed by atoms with E-state index in [0.717, 1.165) is 21.5 Å². The van der Waals surface area contributed by atoms with Crippen molar-refractivity contribution in [1.29, 1.82) is 0 Å². The van der Waals surface area contributed by atoms with Crippen LogP contribution in [0.15, 0.2) is 39.4 Å². The molecular formula is C14H15BrN2O2. The lowest BCUT2D eigenvalue weighted by atomic mass is 10.1. The van der Waals surface area contributed by atoms with Crippen molar-refractivity contribution in [3.05, 3.63) is 51.9 Å². The van der Waals surface area contributed by atoms with Crippen LogP contribution in [0.2, 0.25) is 0 Å². The van der Waals surface area contributed by atoms with Crippen LogP contribution in [-0.4, -0.2) is 13.0 Å². The first-order valence-electron chi connectivity index (χ1n) is 5.91. The van der Waals surface area contributed by atoms with E-state index in [2.05, 4.69) is 26.6 Å². The van der Waals surface area contributed by atoms with Crippen molar-refractivity contribution in [1.82, 2.24) is 5.32 Å². The molecule has 0 saturated carbocycles. The predicted molar refractivity (Wildman–Crippen MR) is 78.3 cm³/mol. The van der Waals surface area contributed by atoms with E-state index in [1.165, 1.54) is 0 Å². The van der Waals surface area contributed by atoms with Crippen molar-refractivity contribution >= 4 is 27.5 Å². The molecule has 2 N–H and O–H groups in total.